The highest BCUT2D eigenvalue weighted by molar-refractivity contribution is 6.01. The minimum absolute atomic E-state index is 0.123. The fraction of sp³-hybridized carbons (Fsp3) is 0.273. The molecule has 1 aliphatic heterocycles. The highest BCUT2D eigenvalue weighted by Gasteiger charge is 2.22. The summed E-state index contributed by atoms with van der Waals surface area (Å²) in [5.74, 6) is -0.511. The lowest BCUT2D eigenvalue weighted by Gasteiger charge is -2.18. The molecular formula is C11H11NO3. The van der Waals surface area contributed by atoms with E-state index in [4.69, 9.17) is 0 Å². The number of carbonyl (C=O) groups excluding carboxylic acids is 2. The van der Waals surface area contributed by atoms with Gasteiger partial charge in [-0.15, -0.1) is 0 Å². The molecule has 0 atom stereocenters. The molecule has 1 amide bonds. The highest BCUT2D eigenvalue weighted by Crippen LogP contribution is 2.19. The molecule has 0 aliphatic carbocycles. The molecule has 1 N–H and O–H groups in total. The van der Waals surface area contributed by atoms with Crippen molar-refractivity contribution in [3.63, 3.8) is 0 Å². The molecule has 78 valence electrons. The van der Waals surface area contributed by atoms with E-state index in [-0.39, 0.29) is 11.9 Å². The van der Waals surface area contributed by atoms with Crippen LogP contribution in [-0.4, -0.2) is 25.5 Å². The Morgan fingerprint density at radius 2 is 2.27 bits per heavy atom. The van der Waals surface area contributed by atoms with Crippen LogP contribution in [0, 0.1) is 0 Å². The number of benzene rings is 1. The van der Waals surface area contributed by atoms with Crippen molar-refractivity contribution >= 4 is 11.9 Å². The standard InChI is InChI=1S/C11H11NO3/c1-15-11(14)9-4-2-3-8-7(9)5-6-12-10(8)13/h2-4H,5-6H2,1H3,(H,12,13). The molecule has 1 heterocycles. The van der Waals surface area contributed by atoms with Crippen LogP contribution < -0.4 is 5.32 Å². The molecule has 0 spiro atoms. The third-order valence-electron chi connectivity index (χ3n) is 2.49. The van der Waals surface area contributed by atoms with Gasteiger partial charge in [-0.2, -0.15) is 0 Å². The second kappa shape index (κ2) is 3.73. The van der Waals surface area contributed by atoms with E-state index < -0.39 is 0 Å². The number of hydrogen-bond donors (Lipinski definition) is 1. The van der Waals surface area contributed by atoms with Crippen LogP contribution in [0.1, 0.15) is 26.3 Å². The molecule has 0 saturated heterocycles. The van der Waals surface area contributed by atoms with Crippen LogP contribution >= 0.6 is 0 Å². The Bertz CT molecular complexity index is 426. The maximum atomic E-state index is 11.5. The van der Waals surface area contributed by atoms with Gasteiger partial charge >= 0.3 is 5.97 Å². The fourth-order valence-electron chi connectivity index (χ4n) is 1.77. The van der Waals surface area contributed by atoms with Gasteiger partial charge in [-0.25, -0.2) is 4.79 Å². The predicted molar refractivity (Wildman–Crippen MR) is 53.8 cm³/mol. The van der Waals surface area contributed by atoms with Crippen LogP contribution in [0.4, 0.5) is 0 Å². The monoisotopic (exact) mass is 205 g/mol. The Balaban J connectivity index is 2.54. The summed E-state index contributed by atoms with van der Waals surface area (Å²) in [6, 6.07) is 5.09. The van der Waals surface area contributed by atoms with Crippen molar-refractivity contribution in [3.05, 3.63) is 34.9 Å². The topological polar surface area (TPSA) is 55.4 Å². The van der Waals surface area contributed by atoms with Gasteiger partial charge < -0.3 is 10.1 Å². The number of fused-ring (bicyclic) bond motifs is 1. The van der Waals surface area contributed by atoms with E-state index >= 15 is 0 Å². The molecule has 1 aromatic carbocycles. The van der Waals surface area contributed by atoms with Gasteiger partial charge in [-0.3, -0.25) is 4.79 Å². The van der Waals surface area contributed by atoms with Gasteiger partial charge in [0.15, 0.2) is 0 Å². The number of esters is 1. The summed E-state index contributed by atoms with van der Waals surface area (Å²) in [5.41, 5.74) is 1.85. The Kier molecular flexibility index (Phi) is 2.41. The van der Waals surface area contributed by atoms with Crippen molar-refractivity contribution in [1.29, 1.82) is 0 Å². The third-order valence-corrected chi connectivity index (χ3v) is 2.49. The molecule has 1 aliphatic rings. The lowest BCUT2D eigenvalue weighted by molar-refractivity contribution is 0.0599. The Morgan fingerprint density at radius 1 is 1.47 bits per heavy atom. The van der Waals surface area contributed by atoms with Gasteiger partial charge in [0.2, 0.25) is 0 Å². The number of ether oxygens (including phenoxy) is 1. The minimum atomic E-state index is -0.387. The highest BCUT2D eigenvalue weighted by atomic mass is 16.5. The third kappa shape index (κ3) is 1.58. The molecule has 1 aromatic rings. The zero-order chi connectivity index (χ0) is 10.8. The predicted octanol–water partition coefficient (Wildman–Crippen LogP) is 0.759. The Hall–Kier alpha value is -1.84. The second-order valence-corrected chi connectivity index (χ2v) is 3.33. The quantitative estimate of drug-likeness (QED) is 0.688. The average molecular weight is 205 g/mol. The van der Waals surface area contributed by atoms with E-state index in [1.54, 1.807) is 18.2 Å². The van der Waals surface area contributed by atoms with Crippen LogP contribution in [-0.2, 0) is 11.2 Å². The van der Waals surface area contributed by atoms with Crippen molar-refractivity contribution in [3.8, 4) is 0 Å². The van der Waals surface area contributed by atoms with Crippen molar-refractivity contribution < 1.29 is 14.3 Å². The number of methoxy groups -OCH3 is 1. The summed E-state index contributed by atoms with van der Waals surface area (Å²) in [6.45, 7) is 0.569. The first-order valence-corrected chi connectivity index (χ1v) is 4.72. The van der Waals surface area contributed by atoms with E-state index in [1.807, 2.05) is 0 Å². The Labute approximate surface area is 87.2 Å². The normalized spacial score (nSPS) is 14.1. The van der Waals surface area contributed by atoms with Crippen molar-refractivity contribution in [2.45, 2.75) is 6.42 Å². The largest absolute Gasteiger partial charge is 0.465 e. The number of amides is 1. The zero-order valence-corrected chi connectivity index (χ0v) is 8.37. The molecule has 4 heteroatoms. The number of hydrogen-bond acceptors (Lipinski definition) is 3. The molecule has 0 radical (unpaired) electrons. The van der Waals surface area contributed by atoms with Crippen LogP contribution in [0.15, 0.2) is 18.2 Å². The maximum absolute atomic E-state index is 11.5. The molecule has 15 heavy (non-hydrogen) atoms. The first-order valence-electron chi connectivity index (χ1n) is 4.72. The lowest BCUT2D eigenvalue weighted by atomic mass is 9.95. The smallest absolute Gasteiger partial charge is 0.338 e. The minimum Gasteiger partial charge on any atom is -0.465 e. The van der Waals surface area contributed by atoms with Crippen LogP contribution in [0.3, 0.4) is 0 Å². The second-order valence-electron chi connectivity index (χ2n) is 3.33. The zero-order valence-electron chi connectivity index (χ0n) is 8.37. The molecular weight excluding hydrogens is 194 g/mol. The summed E-state index contributed by atoms with van der Waals surface area (Å²) in [6.07, 6.45) is 0.673. The number of carbonyl (C=O) groups is 2. The van der Waals surface area contributed by atoms with Gasteiger partial charge in [0.1, 0.15) is 0 Å². The van der Waals surface area contributed by atoms with Crippen LogP contribution in [0.5, 0.6) is 0 Å². The van der Waals surface area contributed by atoms with Gasteiger partial charge in [0, 0.05) is 12.1 Å². The van der Waals surface area contributed by atoms with Gasteiger partial charge in [-0.1, -0.05) is 6.07 Å². The van der Waals surface area contributed by atoms with Gasteiger partial charge in [0.05, 0.1) is 12.7 Å². The number of nitrogens with one attached hydrogen (secondary N) is 1. The van der Waals surface area contributed by atoms with Gasteiger partial charge in [-0.05, 0) is 24.1 Å². The van der Waals surface area contributed by atoms with Crippen molar-refractivity contribution in [2.24, 2.45) is 0 Å². The fourth-order valence-corrected chi connectivity index (χ4v) is 1.77. The van der Waals surface area contributed by atoms with Gasteiger partial charge in [0.25, 0.3) is 5.91 Å². The van der Waals surface area contributed by atoms with E-state index in [2.05, 4.69) is 10.1 Å². The molecule has 4 nitrogen and oxygen atoms in total. The molecule has 0 bridgehead atoms. The van der Waals surface area contributed by atoms with Crippen molar-refractivity contribution in [2.75, 3.05) is 13.7 Å². The molecule has 2 rings (SSSR count). The first-order chi connectivity index (χ1) is 7.24. The van der Waals surface area contributed by atoms with E-state index in [9.17, 15) is 9.59 Å². The summed E-state index contributed by atoms with van der Waals surface area (Å²) >= 11 is 0. The summed E-state index contributed by atoms with van der Waals surface area (Å²) in [7, 11) is 1.34. The SMILES string of the molecule is COC(=O)c1cccc2c1CCNC2=O. The maximum Gasteiger partial charge on any atom is 0.338 e. The van der Waals surface area contributed by atoms with E-state index in [0.717, 1.165) is 5.56 Å². The summed E-state index contributed by atoms with van der Waals surface area (Å²) in [4.78, 5) is 22.9. The first kappa shape index (κ1) is 9.71. The van der Waals surface area contributed by atoms with E-state index in [1.165, 1.54) is 7.11 Å². The molecule has 0 saturated carbocycles. The summed E-state index contributed by atoms with van der Waals surface area (Å²) < 4.78 is 4.67. The van der Waals surface area contributed by atoms with E-state index in [0.29, 0.717) is 24.1 Å². The Morgan fingerprint density at radius 3 is 3.00 bits per heavy atom. The van der Waals surface area contributed by atoms with Crippen LogP contribution in [0.2, 0.25) is 0 Å². The van der Waals surface area contributed by atoms with Crippen molar-refractivity contribution in [1.82, 2.24) is 5.32 Å². The lowest BCUT2D eigenvalue weighted by Crippen LogP contribution is -2.33. The molecule has 0 aromatic heterocycles. The molecule has 0 unspecified atom stereocenters. The average Bonchev–Trinajstić information content (AvgIpc) is 2.28. The summed E-state index contributed by atoms with van der Waals surface area (Å²) in [5, 5.41) is 2.73. The molecule has 0 fully saturated rings. The van der Waals surface area contributed by atoms with Crippen LogP contribution in [0.25, 0.3) is 0 Å². The number of rotatable bonds is 1.